The van der Waals surface area contributed by atoms with Gasteiger partial charge in [0.2, 0.25) is 0 Å². The fourth-order valence-electron chi connectivity index (χ4n) is 1.11. The summed E-state index contributed by atoms with van der Waals surface area (Å²) in [6.07, 6.45) is 0.917. The molecule has 6 N–H and O–H groups in total. The van der Waals surface area contributed by atoms with Crippen LogP contribution < -0.4 is 0 Å². The quantitative estimate of drug-likeness (QED) is 0.508. The van der Waals surface area contributed by atoms with Crippen molar-refractivity contribution in [2.24, 2.45) is 0 Å². The molecule has 22 heavy (non-hydrogen) atoms. The van der Waals surface area contributed by atoms with Crippen LogP contribution in [-0.2, 0) is 25.8 Å². The number of carbonyl (C=O) groups excluding carboxylic acids is 6. The second-order valence-electron chi connectivity index (χ2n) is 4.94. The second kappa shape index (κ2) is 17.9. The summed E-state index contributed by atoms with van der Waals surface area (Å²) in [6, 6.07) is 0. The van der Waals surface area contributed by atoms with Gasteiger partial charge in [-0.05, 0) is 0 Å². The molecule has 0 aromatic heterocycles. The monoisotopic (exact) mass is 351 g/mol. The van der Waals surface area contributed by atoms with E-state index in [0.29, 0.717) is 19.3 Å². The number of hydrogen-bond donors (Lipinski definition) is 0. The van der Waals surface area contributed by atoms with E-state index in [1.54, 1.807) is 41.5 Å². The Morgan fingerprint density at radius 2 is 0.500 bits per heavy atom. The average molecular weight is 351 g/mol. The first kappa shape index (κ1) is 29.0. The molecule has 0 fully saturated rings. The smallest absolute Gasteiger partial charge is 0.283 e. The van der Waals surface area contributed by atoms with Crippen LogP contribution in [0.25, 0.3) is 0 Å². The second-order valence-corrected chi connectivity index (χ2v) is 4.94. The van der Waals surface area contributed by atoms with Crippen molar-refractivity contribution in [3.8, 4) is 0 Å². The topological polar surface area (TPSA) is 128 Å². The largest absolute Gasteiger partial charge is 0.302 e. The predicted molar refractivity (Wildman–Crippen MR) is 89.6 cm³/mol. The van der Waals surface area contributed by atoms with Crippen LogP contribution in [0, 0.1) is 0 Å². The van der Waals surface area contributed by atoms with E-state index in [9.17, 15) is 0 Å². The van der Waals surface area contributed by atoms with Crippen LogP contribution in [0.5, 0.6) is 0 Å². The van der Waals surface area contributed by atoms with Gasteiger partial charge in [0.1, 0.15) is 0 Å². The molecule has 0 spiro atoms. The Bertz CT molecular complexity index is 314. The molecule has 0 heterocycles. The molecule has 7 heteroatoms. The Hall–Kier alpha value is -1.11. The first-order valence-corrected chi connectivity index (χ1v) is 6.46. The molecule has 0 rings (SSSR count). The summed E-state index contributed by atoms with van der Waals surface area (Å²) in [4.78, 5) is 50.8. The Balaban J connectivity index is -0.000000108. The van der Waals surface area contributed by atoms with Crippen LogP contribution in [0.1, 0.15) is 60.8 Å². The zero-order chi connectivity index (χ0) is 17.6. The third kappa shape index (κ3) is 51.0. The van der Waals surface area contributed by atoms with Crippen LogP contribution in [0.4, 0.5) is 0 Å². The first-order valence-electron chi connectivity index (χ1n) is 6.46. The van der Waals surface area contributed by atoms with E-state index < -0.39 is 0 Å². The van der Waals surface area contributed by atoms with Crippen molar-refractivity contribution in [1.82, 2.24) is 0 Å². The Morgan fingerprint density at radius 1 is 0.409 bits per heavy atom. The Labute approximate surface area is 150 Å². The SMILES string of the molecule is CC(=[OH+])CC(C)=[OH+].CC(=[OH+])CC(C)=[OH+].CC(=[OH+])CC(C)=[OH+].[Sc]. The van der Waals surface area contributed by atoms with Crippen molar-refractivity contribution >= 4 is 34.7 Å². The molecule has 6 nitrogen and oxygen atoms in total. The summed E-state index contributed by atoms with van der Waals surface area (Å²) >= 11 is 0. The zero-order valence-electron chi connectivity index (χ0n) is 14.4. The van der Waals surface area contributed by atoms with Crippen LogP contribution in [0.2, 0.25) is 0 Å². The van der Waals surface area contributed by atoms with Crippen molar-refractivity contribution in [3.05, 3.63) is 0 Å². The minimum absolute atomic E-state index is 0. The maximum atomic E-state index is 8.46. The van der Waals surface area contributed by atoms with Gasteiger partial charge in [0.15, 0.2) is 19.3 Å². The van der Waals surface area contributed by atoms with Gasteiger partial charge in [-0.3, -0.25) is 28.8 Å². The fourth-order valence-corrected chi connectivity index (χ4v) is 1.11. The molecule has 0 aliphatic rings. The molecule has 0 saturated heterocycles. The molecular weight excluding hydrogens is 321 g/mol. The molecule has 123 valence electrons. The van der Waals surface area contributed by atoms with E-state index in [1.807, 2.05) is 0 Å². The van der Waals surface area contributed by atoms with E-state index >= 15 is 0 Å². The predicted octanol–water partition coefficient (Wildman–Crippen LogP) is 1.52. The summed E-state index contributed by atoms with van der Waals surface area (Å²) in [5, 5.41) is 0. The van der Waals surface area contributed by atoms with Gasteiger partial charge in [0.25, 0.3) is 0 Å². The number of hydrogen-bond acceptors (Lipinski definition) is 0. The maximum absolute atomic E-state index is 8.46. The molecule has 0 amide bonds. The third-order valence-electron chi connectivity index (χ3n) is 1.54. The molecule has 0 aromatic rings. The van der Waals surface area contributed by atoms with E-state index in [1.165, 1.54) is 0 Å². The molecule has 0 aromatic carbocycles. The van der Waals surface area contributed by atoms with E-state index in [-0.39, 0.29) is 60.5 Å². The third-order valence-corrected chi connectivity index (χ3v) is 1.54. The molecular formula is C15H30O6Sc+6. The van der Waals surface area contributed by atoms with Crippen molar-refractivity contribution in [2.45, 2.75) is 60.8 Å². The summed E-state index contributed by atoms with van der Waals surface area (Å²) < 4.78 is 0. The molecule has 0 saturated carbocycles. The van der Waals surface area contributed by atoms with Gasteiger partial charge in [-0.15, -0.1) is 0 Å². The van der Waals surface area contributed by atoms with E-state index in [4.69, 9.17) is 28.8 Å². The zero-order valence-corrected chi connectivity index (χ0v) is 16.2. The molecule has 0 unspecified atom stereocenters. The normalized spacial score (nSPS) is 7.91. The fraction of sp³-hybridized carbons (Fsp3) is 0.600. The molecule has 1 radical (unpaired) electrons. The van der Waals surface area contributed by atoms with E-state index in [0.717, 1.165) is 0 Å². The van der Waals surface area contributed by atoms with Gasteiger partial charge >= 0.3 is 34.7 Å². The van der Waals surface area contributed by atoms with Crippen LogP contribution >= 0.6 is 0 Å². The van der Waals surface area contributed by atoms with Crippen LogP contribution in [0.3, 0.4) is 0 Å². The van der Waals surface area contributed by atoms with Gasteiger partial charge in [0, 0.05) is 67.4 Å². The van der Waals surface area contributed by atoms with Crippen molar-refractivity contribution < 1.29 is 54.6 Å². The number of ketones is 6. The van der Waals surface area contributed by atoms with Crippen molar-refractivity contribution in [1.29, 1.82) is 0 Å². The maximum Gasteiger partial charge on any atom is 0.302 e. The molecule has 0 bridgehead atoms. The molecule has 0 atom stereocenters. The van der Waals surface area contributed by atoms with Crippen LogP contribution in [-0.4, -0.2) is 63.5 Å². The number of rotatable bonds is 6. The summed E-state index contributed by atoms with van der Waals surface area (Å²) in [6.45, 7) is 9.33. The molecule has 0 aliphatic heterocycles. The minimum atomic E-state index is 0. The van der Waals surface area contributed by atoms with Crippen molar-refractivity contribution in [3.63, 3.8) is 0 Å². The summed E-state index contributed by atoms with van der Waals surface area (Å²) in [7, 11) is 0. The molecule has 0 aliphatic carbocycles. The van der Waals surface area contributed by atoms with Crippen molar-refractivity contribution in [2.75, 3.05) is 0 Å². The van der Waals surface area contributed by atoms with Gasteiger partial charge in [0.05, 0.1) is 0 Å². The Morgan fingerprint density at radius 3 is 0.500 bits per heavy atom. The van der Waals surface area contributed by atoms with Crippen LogP contribution in [0.15, 0.2) is 0 Å². The van der Waals surface area contributed by atoms with Gasteiger partial charge < -0.3 is 0 Å². The minimum Gasteiger partial charge on any atom is -0.283 e. The summed E-state index contributed by atoms with van der Waals surface area (Å²) in [5.74, 6) is 1.50. The van der Waals surface area contributed by atoms with Gasteiger partial charge in [-0.25, -0.2) is 0 Å². The standard InChI is InChI=1S/3C5H8O2.Sc/c3*1-4(6)3-5(2)7;/h3*3H2,1-2H3;/p+6. The first-order chi connectivity index (χ1) is 9.38. The average Bonchev–Trinajstić information content (AvgIpc) is 2.10. The van der Waals surface area contributed by atoms with Gasteiger partial charge in [-0.2, -0.15) is 0 Å². The summed E-state index contributed by atoms with van der Waals surface area (Å²) in [5.41, 5.74) is 0. The van der Waals surface area contributed by atoms with Gasteiger partial charge in [-0.1, -0.05) is 0 Å². The van der Waals surface area contributed by atoms with E-state index in [2.05, 4.69) is 0 Å². The Kier molecular flexibility index (Phi) is 23.6.